The molecule has 56 valence electrons. The van der Waals surface area contributed by atoms with E-state index in [1.165, 1.54) is 4.63 Å². The Morgan fingerprint density at radius 2 is 2.45 bits per heavy atom. The Morgan fingerprint density at radius 3 is 3.27 bits per heavy atom. The van der Waals surface area contributed by atoms with Crippen molar-refractivity contribution >= 4 is 23.6 Å². The molecule has 3 N–H and O–H groups in total. The van der Waals surface area contributed by atoms with Crippen LogP contribution in [0.4, 0.5) is 5.69 Å². The highest BCUT2D eigenvalue weighted by Gasteiger charge is 1.99. The van der Waals surface area contributed by atoms with Crippen LogP contribution in [0.1, 0.15) is 0 Å². The molecule has 0 atom stereocenters. The maximum Gasteiger partial charge on any atom is 0.220 e. The molecule has 2 aromatic heterocycles. The molecule has 0 aliphatic rings. The van der Waals surface area contributed by atoms with Crippen LogP contribution in [0.25, 0.3) is 5.65 Å². The second-order valence-corrected chi connectivity index (χ2v) is 2.43. The summed E-state index contributed by atoms with van der Waals surface area (Å²) in [5.74, 6) is 0. The van der Waals surface area contributed by atoms with Crippen LogP contribution >= 0.6 is 12.2 Å². The summed E-state index contributed by atoms with van der Waals surface area (Å²) >= 11 is 4.84. The van der Waals surface area contributed by atoms with Crippen LogP contribution in [0.15, 0.2) is 6.07 Å². The maximum absolute atomic E-state index is 5.55. The molecule has 0 amide bonds. The summed E-state index contributed by atoms with van der Waals surface area (Å²) in [7, 11) is 0. The Morgan fingerprint density at radius 1 is 1.64 bits per heavy atom. The van der Waals surface area contributed by atoms with Crippen molar-refractivity contribution in [2.45, 2.75) is 0 Å². The third kappa shape index (κ3) is 0.855. The number of aromatic nitrogens is 5. The van der Waals surface area contributed by atoms with Gasteiger partial charge in [-0.25, -0.2) is 0 Å². The summed E-state index contributed by atoms with van der Waals surface area (Å²) in [6.45, 7) is 0. The van der Waals surface area contributed by atoms with Crippen molar-refractivity contribution in [2.75, 3.05) is 5.73 Å². The first-order chi connectivity index (χ1) is 5.27. The molecule has 0 fully saturated rings. The third-order valence-electron chi connectivity index (χ3n) is 1.23. The quantitative estimate of drug-likeness (QED) is 0.530. The summed E-state index contributed by atoms with van der Waals surface area (Å²) in [4.78, 5) is 0. The number of nitrogen functional groups attached to an aromatic ring is 1. The Balaban J connectivity index is 3.02. The molecule has 0 spiro atoms. The maximum atomic E-state index is 5.55. The van der Waals surface area contributed by atoms with E-state index in [4.69, 9.17) is 18.0 Å². The zero-order valence-corrected chi connectivity index (χ0v) is 6.17. The lowest BCUT2D eigenvalue weighted by molar-refractivity contribution is 0.729. The van der Waals surface area contributed by atoms with Crippen LogP contribution in [0.2, 0.25) is 0 Å². The Bertz CT molecular complexity index is 441. The van der Waals surface area contributed by atoms with Crippen molar-refractivity contribution in [3.05, 3.63) is 10.7 Å². The molecule has 0 radical (unpaired) electrons. The molecule has 6 nitrogen and oxygen atoms in total. The van der Waals surface area contributed by atoms with Gasteiger partial charge in [0.2, 0.25) is 5.65 Å². The third-order valence-corrected chi connectivity index (χ3v) is 1.44. The van der Waals surface area contributed by atoms with E-state index >= 15 is 0 Å². The number of aromatic amines is 1. The van der Waals surface area contributed by atoms with Gasteiger partial charge < -0.3 is 5.73 Å². The molecule has 0 aromatic carbocycles. The molecular weight excluding hydrogens is 164 g/mol. The average Bonchev–Trinajstić information content (AvgIpc) is 2.34. The van der Waals surface area contributed by atoms with E-state index in [1.807, 2.05) is 0 Å². The average molecular weight is 168 g/mol. The largest absolute Gasteiger partial charge is 0.395 e. The molecule has 0 unspecified atom stereocenters. The van der Waals surface area contributed by atoms with Crippen molar-refractivity contribution in [3.63, 3.8) is 0 Å². The number of fused-ring (bicyclic) bond motifs is 1. The molecule has 7 heteroatoms. The van der Waals surface area contributed by atoms with E-state index < -0.39 is 0 Å². The molecule has 11 heavy (non-hydrogen) atoms. The molecule has 0 saturated heterocycles. The van der Waals surface area contributed by atoms with Crippen molar-refractivity contribution in [3.8, 4) is 0 Å². The zero-order chi connectivity index (χ0) is 7.84. The molecule has 2 rings (SSSR count). The van der Waals surface area contributed by atoms with Crippen molar-refractivity contribution in [1.82, 2.24) is 25.3 Å². The van der Waals surface area contributed by atoms with E-state index in [-0.39, 0.29) is 0 Å². The van der Waals surface area contributed by atoms with E-state index in [9.17, 15) is 0 Å². The first kappa shape index (κ1) is 6.23. The fourth-order valence-electron chi connectivity index (χ4n) is 0.785. The van der Waals surface area contributed by atoms with Gasteiger partial charge in [-0.3, -0.25) is 5.10 Å². The van der Waals surface area contributed by atoms with Gasteiger partial charge in [-0.1, -0.05) is 12.2 Å². The highest BCUT2D eigenvalue weighted by atomic mass is 32.1. The molecule has 2 heterocycles. The van der Waals surface area contributed by atoms with Crippen LogP contribution in [0.5, 0.6) is 0 Å². The molecule has 0 bridgehead atoms. The van der Waals surface area contributed by atoms with E-state index in [2.05, 4.69) is 20.6 Å². The number of nitrogens with two attached hydrogens (primary N) is 1. The van der Waals surface area contributed by atoms with E-state index in [0.717, 1.165) is 0 Å². The number of H-pyrrole nitrogens is 1. The Kier molecular flexibility index (Phi) is 1.13. The topological polar surface area (TPSA) is 84.9 Å². The Hall–Kier alpha value is -1.50. The van der Waals surface area contributed by atoms with Crippen LogP contribution in [-0.2, 0) is 0 Å². The van der Waals surface area contributed by atoms with E-state index in [1.54, 1.807) is 6.07 Å². The lowest BCUT2D eigenvalue weighted by Gasteiger charge is -1.92. The minimum Gasteiger partial charge on any atom is -0.395 e. The first-order valence-electron chi connectivity index (χ1n) is 2.84. The van der Waals surface area contributed by atoms with Gasteiger partial charge in [0.15, 0.2) is 0 Å². The van der Waals surface area contributed by atoms with Gasteiger partial charge in [0.25, 0.3) is 0 Å². The second-order valence-electron chi connectivity index (χ2n) is 1.99. The van der Waals surface area contributed by atoms with Crippen LogP contribution in [0, 0.1) is 4.64 Å². The summed E-state index contributed by atoms with van der Waals surface area (Å²) in [5.41, 5.74) is 6.51. The fraction of sp³-hybridized carbons (Fsp3) is 0. The monoisotopic (exact) mass is 168 g/mol. The van der Waals surface area contributed by atoms with Crippen LogP contribution in [0.3, 0.4) is 0 Å². The standard InChI is InChI=1S/C4H4N6S/c5-2-1-3(11)7-10-4(2)6-8-9-10/h1H,5H2,(H,7,11). The number of rotatable bonds is 0. The number of tetrazole rings is 1. The summed E-state index contributed by atoms with van der Waals surface area (Å²) in [5, 5.41) is 13.4. The normalized spacial score (nSPS) is 10.5. The van der Waals surface area contributed by atoms with Gasteiger partial charge in [0, 0.05) is 6.07 Å². The fourth-order valence-corrected chi connectivity index (χ4v) is 0.998. The van der Waals surface area contributed by atoms with Crippen molar-refractivity contribution in [1.29, 1.82) is 0 Å². The predicted octanol–water partition coefficient (Wildman–Crippen LogP) is -0.236. The van der Waals surface area contributed by atoms with Gasteiger partial charge in [-0.15, -0.1) is 9.73 Å². The van der Waals surface area contributed by atoms with Gasteiger partial charge in [-0.05, 0) is 10.4 Å². The highest BCUT2D eigenvalue weighted by Crippen LogP contribution is 2.05. The zero-order valence-electron chi connectivity index (χ0n) is 5.35. The van der Waals surface area contributed by atoms with Gasteiger partial charge in [0.05, 0.1) is 5.69 Å². The lowest BCUT2D eigenvalue weighted by atomic mass is 10.5. The minimum absolute atomic E-state index is 0.471. The minimum atomic E-state index is 0.471. The number of nitrogens with one attached hydrogen (secondary N) is 1. The number of nitrogens with zero attached hydrogens (tertiary/aromatic N) is 4. The highest BCUT2D eigenvalue weighted by molar-refractivity contribution is 7.71. The molecule has 2 aromatic rings. The van der Waals surface area contributed by atoms with E-state index in [0.29, 0.717) is 16.0 Å². The van der Waals surface area contributed by atoms with Crippen molar-refractivity contribution in [2.24, 2.45) is 0 Å². The summed E-state index contributed by atoms with van der Waals surface area (Å²) in [6.07, 6.45) is 0. The summed E-state index contributed by atoms with van der Waals surface area (Å²) in [6, 6.07) is 1.60. The van der Waals surface area contributed by atoms with Crippen molar-refractivity contribution < 1.29 is 0 Å². The number of anilines is 1. The SMILES string of the molecule is Nc1cc(=S)[nH]n2nnnc12. The van der Waals surface area contributed by atoms with Gasteiger partial charge >= 0.3 is 0 Å². The van der Waals surface area contributed by atoms with Gasteiger partial charge in [-0.2, -0.15) is 0 Å². The number of hydrogen-bond acceptors (Lipinski definition) is 5. The second kappa shape index (κ2) is 1.99. The lowest BCUT2D eigenvalue weighted by Crippen LogP contribution is -1.98. The molecule has 0 aliphatic carbocycles. The first-order valence-corrected chi connectivity index (χ1v) is 3.25. The molecule has 0 saturated carbocycles. The predicted molar refractivity (Wildman–Crippen MR) is 40.4 cm³/mol. The van der Waals surface area contributed by atoms with Gasteiger partial charge in [0.1, 0.15) is 4.64 Å². The number of hydrogen-bond donors (Lipinski definition) is 2. The van der Waals surface area contributed by atoms with Crippen LogP contribution in [-0.4, -0.2) is 25.3 Å². The molecular formula is C4H4N6S. The Labute approximate surface area is 66.0 Å². The van der Waals surface area contributed by atoms with Crippen LogP contribution < -0.4 is 5.73 Å². The molecule has 0 aliphatic heterocycles. The smallest absolute Gasteiger partial charge is 0.220 e. The summed E-state index contributed by atoms with van der Waals surface area (Å²) < 4.78 is 1.83.